The molecule has 2 aliphatic rings. The van der Waals surface area contributed by atoms with E-state index >= 15 is 0 Å². The van der Waals surface area contributed by atoms with E-state index in [0.717, 1.165) is 60.3 Å². The number of rotatable bonds is 6. The van der Waals surface area contributed by atoms with Crippen molar-refractivity contribution < 1.29 is 4.79 Å². The zero-order chi connectivity index (χ0) is 26.2. The average molecular weight is 523 g/mol. The first-order valence-corrected chi connectivity index (χ1v) is 14.3. The van der Waals surface area contributed by atoms with Crippen molar-refractivity contribution in [1.29, 1.82) is 0 Å². The molecule has 0 bridgehead atoms. The molecule has 0 spiro atoms. The van der Waals surface area contributed by atoms with Crippen LogP contribution in [-0.2, 0) is 11.2 Å². The van der Waals surface area contributed by atoms with E-state index in [1.54, 1.807) is 4.52 Å². The third-order valence-electron chi connectivity index (χ3n) is 8.44. The van der Waals surface area contributed by atoms with Gasteiger partial charge in [0.05, 0.1) is 5.52 Å². The highest BCUT2D eigenvalue weighted by atomic mass is 16.2. The van der Waals surface area contributed by atoms with Crippen LogP contribution < -0.4 is 0 Å². The van der Waals surface area contributed by atoms with Gasteiger partial charge in [0.2, 0.25) is 5.91 Å². The summed E-state index contributed by atoms with van der Waals surface area (Å²) in [6, 6.07) is 18.8. The van der Waals surface area contributed by atoms with Crippen LogP contribution in [0.5, 0.6) is 0 Å². The molecule has 0 radical (unpaired) electrons. The Bertz CT molecular complexity index is 1610. The lowest BCUT2D eigenvalue weighted by Gasteiger charge is -2.40. The molecular weight excluding hydrogens is 488 g/mol. The third-order valence-corrected chi connectivity index (χ3v) is 8.44. The summed E-state index contributed by atoms with van der Waals surface area (Å²) in [7, 11) is 0. The van der Waals surface area contributed by atoms with E-state index in [4.69, 9.17) is 10.1 Å². The van der Waals surface area contributed by atoms with Gasteiger partial charge in [-0.05, 0) is 57.3 Å². The molecule has 0 aliphatic carbocycles. The Labute approximate surface area is 227 Å². The number of aryl methyl sites for hydroxylation is 1. The highest BCUT2D eigenvalue weighted by Crippen LogP contribution is 2.26. The fourth-order valence-electron chi connectivity index (χ4n) is 6.37. The molecule has 2 aliphatic heterocycles. The molecule has 0 unspecified atom stereocenters. The molecule has 9 heteroatoms. The van der Waals surface area contributed by atoms with Crippen molar-refractivity contribution in [2.24, 2.45) is 0 Å². The van der Waals surface area contributed by atoms with Crippen LogP contribution in [0.3, 0.4) is 0 Å². The molecule has 2 saturated heterocycles. The van der Waals surface area contributed by atoms with E-state index in [1.165, 1.54) is 32.4 Å². The standard InChI is InChI=1S/C30H34N8O/c39-27(36-20-16-23(17-21-36)35-18-7-2-8-19-35)15-9-14-26-32-33-30-37(26)25-13-6-5-12-24(25)29-31-28(34-38(29)30)22-10-3-1-4-11-22/h1,3-6,10-13,23H,2,7-9,14-21H2. The number of likely N-dealkylation sites (tertiary alicyclic amines) is 2. The summed E-state index contributed by atoms with van der Waals surface area (Å²) in [5.41, 5.74) is 2.72. The van der Waals surface area contributed by atoms with Crippen LogP contribution in [0.25, 0.3) is 33.7 Å². The molecule has 200 valence electrons. The Balaban J connectivity index is 1.08. The molecule has 2 fully saturated rings. The minimum Gasteiger partial charge on any atom is -0.343 e. The Morgan fingerprint density at radius 3 is 2.46 bits per heavy atom. The molecule has 3 aromatic heterocycles. The lowest BCUT2D eigenvalue weighted by molar-refractivity contribution is -0.132. The van der Waals surface area contributed by atoms with E-state index < -0.39 is 0 Å². The normalized spacial score (nSPS) is 17.5. The van der Waals surface area contributed by atoms with Crippen molar-refractivity contribution in [1.82, 2.24) is 39.0 Å². The summed E-state index contributed by atoms with van der Waals surface area (Å²) in [6.45, 7) is 4.22. The number of hydrogen-bond acceptors (Lipinski definition) is 6. The summed E-state index contributed by atoms with van der Waals surface area (Å²) in [4.78, 5) is 22.6. The van der Waals surface area contributed by atoms with Crippen molar-refractivity contribution in [3.05, 3.63) is 60.4 Å². The first-order chi connectivity index (χ1) is 19.3. The number of hydrogen-bond donors (Lipinski definition) is 0. The van der Waals surface area contributed by atoms with Gasteiger partial charge in [0.15, 0.2) is 11.5 Å². The topological polar surface area (TPSA) is 83.9 Å². The molecule has 0 atom stereocenters. The Morgan fingerprint density at radius 1 is 0.872 bits per heavy atom. The minimum absolute atomic E-state index is 0.261. The van der Waals surface area contributed by atoms with Crippen LogP contribution in [0.2, 0.25) is 0 Å². The van der Waals surface area contributed by atoms with E-state index in [1.807, 2.05) is 42.5 Å². The number of fused-ring (bicyclic) bond motifs is 6. The van der Waals surface area contributed by atoms with Gasteiger partial charge in [-0.15, -0.1) is 15.3 Å². The average Bonchev–Trinajstić information content (AvgIpc) is 3.64. The van der Waals surface area contributed by atoms with Gasteiger partial charge in [0.1, 0.15) is 5.82 Å². The Morgan fingerprint density at radius 2 is 1.64 bits per heavy atom. The molecule has 2 aromatic carbocycles. The molecule has 0 saturated carbocycles. The van der Waals surface area contributed by atoms with E-state index in [2.05, 4.69) is 36.5 Å². The van der Waals surface area contributed by atoms with Crippen molar-refractivity contribution >= 4 is 28.2 Å². The van der Waals surface area contributed by atoms with Gasteiger partial charge in [-0.2, -0.15) is 4.52 Å². The molecule has 7 rings (SSSR count). The van der Waals surface area contributed by atoms with E-state index in [-0.39, 0.29) is 5.91 Å². The van der Waals surface area contributed by atoms with Crippen LogP contribution in [0, 0.1) is 0 Å². The summed E-state index contributed by atoms with van der Waals surface area (Å²) < 4.78 is 3.86. The van der Waals surface area contributed by atoms with Gasteiger partial charge in [0, 0.05) is 42.9 Å². The largest absolute Gasteiger partial charge is 0.343 e. The van der Waals surface area contributed by atoms with Crippen LogP contribution in [0.15, 0.2) is 54.6 Å². The summed E-state index contributed by atoms with van der Waals surface area (Å²) >= 11 is 0. The zero-order valence-corrected chi connectivity index (χ0v) is 22.2. The zero-order valence-electron chi connectivity index (χ0n) is 22.2. The first-order valence-electron chi connectivity index (χ1n) is 14.3. The molecule has 39 heavy (non-hydrogen) atoms. The predicted molar refractivity (Wildman–Crippen MR) is 150 cm³/mol. The third kappa shape index (κ3) is 4.54. The highest BCUT2D eigenvalue weighted by Gasteiger charge is 2.27. The monoisotopic (exact) mass is 522 g/mol. The second kappa shape index (κ2) is 10.4. The van der Waals surface area contributed by atoms with Gasteiger partial charge >= 0.3 is 0 Å². The van der Waals surface area contributed by atoms with Crippen molar-refractivity contribution in [2.45, 2.75) is 57.4 Å². The number of carbonyl (C=O) groups excluding carboxylic acids is 1. The number of piperidine rings is 2. The molecule has 0 N–H and O–H groups in total. The number of para-hydroxylation sites is 1. The van der Waals surface area contributed by atoms with Crippen LogP contribution in [0.1, 0.15) is 50.8 Å². The molecule has 1 amide bonds. The van der Waals surface area contributed by atoms with Gasteiger partial charge < -0.3 is 9.80 Å². The fourth-order valence-corrected chi connectivity index (χ4v) is 6.37. The lowest BCUT2D eigenvalue weighted by Crippen LogP contribution is -2.48. The smallest absolute Gasteiger partial charge is 0.258 e. The first kappa shape index (κ1) is 24.2. The highest BCUT2D eigenvalue weighted by molar-refractivity contribution is 5.94. The molecule has 9 nitrogen and oxygen atoms in total. The number of benzene rings is 2. The van der Waals surface area contributed by atoms with Crippen LogP contribution in [0.4, 0.5) is 0 Å². The van der Waals surface area contributed by atoms with Crippen LogP contribution >= 0.6 is 0 Å². The SMILES string of the molecule is O=C(CCCc1nnc2n3nc(-c4ccccc4)nc3c3ccccc3n12)N1CCC(N2CCCCC2)CC1. The summed E-state index contributed by atoms with van der Waals surface area (Å²) in [5, 5.41) is 14.9. The molecule has 5 heterocycles. The van der Waals surface area contributed by atoms with Gasteiger partial charge in [0.25, 0.3) is 5.78 Å². The number of amides is 1. The quantitative estimate of drug-likeness (QED) is 0.329. The number of nitrogens with zero attached hydrogens (tertiary/aromatic N) is 8. The van der Waals surface area contributed by atoms with Crippen molar-refractivity contribution in [3.8, 4) is 11.4 Å². The van der Waals surface area contributed by atoms with Crippen molar-refractivity contribution in [3.63, 3.8) is 0 Å². The fraction of sp³-hybridized carbons (Fsp3) is 0.433. The Kier molecular flexibility index (Phi) is 6.44. The number of carbonyl (C=O) groups is 1. The summed E-state index contributed by atoms with van der Waals surface area (Å²) in [6.07, 6.45) is 8.16. The maximum atomic E-state index is 13.0. The molecule has 5 aromatic rings. The minimum atomic E-state index is 0.261. The predicted octanol–water partition coefficient (Wildman–Crippen LogP) is 4.39. The van der Waals surface area contributed by atoms with Crippen LogP contribution in [-0.4, -0.2) is 77.1 Å². The second-order valence-electron chi connectivity index (χ2n) is 10.9. The van der Waals surface area contributed by atoms with E-state index in [0.29, 0.717) is 30.5 Å². The van der Waals surface area contributed by atoms with Gasteiger partial charge in [-0.1, -0.05) is 48.9 Å². The maximum Gasteiger partial charge on any atom is 0.258 e. The van der Waals surface area contributed by atoms with Crippen molar-refractivity contribution in [2.75, 3.05) is 26.2 Å². The van der Waals surface area contributed by atoms with Gasteiger partial charge in [-0.25, -0.2) is 4.98 Å². The Hall–Kier alpha value is -3.85. The molecular formula is C30H34N8O. The number of aromatic nitrogens is 6. The second-order valence-corrected chi connectivity index (χ2v) is 10.9. The maximum absolute atomic E-state index is 13.0. The van der Waals surface area contributed by atoms with Gasteiger partial charge in [-0.3, -0.25) is 9.20 Å². The van der Waals surface area contributed by atoms with E-state index in [9.17, 15) is 4.79 Å². The summed E-state index contributed by atoms with van der Waals surface area (Å²) in [5.74, 6) is 2.40. The lowest BCUT2D eigenvalue weighted by atomic mass is 9.99.